The molecule has 37 heteroatoms. The highest BCUT2D eigenvalue weighted by Crippen LogP contribution is 2.22. The zero-order chi connectivity index (χ0) is 76.6. The molecule has 0 spiro atoms. The predicted octanol–water partition coefficient (Wildman–Crippen LogP) is 0.976. The normalized spacial score (nSPS) is 15.6. The number of aromatic nitrogens is 3. The van der Waals surface area contributed by atoms with Gasteiger partial charge in [-0.15, -0.1) is 0 Å². The minimum Gasteiger partial charge on any atom is -0.481 e. The van der Waals surface area contributed by atoms with E-state index in [1.807, 2.05) is 24.3 Å². The second-order valence-corrected chi connectivity index (χ2v) is 25.5. The highest BCUT2D eigenvalue weighted by molar-refractivity contribution is 5.82. The molecular formula is C69H116N14O23. The zero-order valence-electron chi connectivity index (χ0n) is 61.3. The van der Waals surface area contributed by atoms with E-state index in [4.69, 9.17) is 63.1 Å². The third-order valence-electron chi connectivity index (χ3n) is 16.9. The first kappa shape index (κ1) is 90.7. The van der Waals surface area contributed by atoms with Gasteiger partial charge in [0.05, 0.1) is 144 Å². The summed E-state index contributed by atoms with van der Waals surface area (Å²) < 4.78 is 44.2. The van der Waals surface area contributed by atoms with E-state index >= 15 is 0 Å². The number of urea groups is 1. The van der Waals surface area contributed by atoms with Gasteiger partial charge in [-0.3, -0.25) is 58.1 Å². The highest BCUT2D eigenvalue weighted by atomic mass is 16.6. The van der Waals surface area contributed by atoms with Crippen molar-refractivity contribution >= 4 is 77.6 Å². The Morgan fingerprint density at radius 3 is 1.44 bits per heavy atom. The van der Waals surface area contributed by atoms with Crippen LogP contribution in [0.15, 0.2) is 24.3 Å². The van der Waals surface area contributed by atoms with Crippen molar-refractivity contribution in [1.29, 1.82) is 0 Å². The number of carbonyl (C=O) groups excluding carboxylic acids is 3. The summed E-state index contributed by atoms with van der Waals surface area (Å²) in [6, 6.07) is 5.43. The van der Waals surface area contributed by atoms with Crippen LogP contribution in [-0.4, -0.2) is 366 Å². The molecule has 2 aliphatic heterocycles. The van der Waals surface area contributed by atoms with E-state index < -0.39 is 60.5 Å². The van der Waals surface area contributed by atoms with Crippen molar-refractivity contribution in [3.05, 3.63) is 29.8 Å². The van der Waals surface area contributed by atoms with Gasteiger partial charge in [-0.25, -0.2) is 4.79 Å². The maximum Gasteiger partial charge on any atom is 0.323 e. The van der Waals surface area contributed by atoms with Crippen LogP contribution in [0.25, 0.3) is 0 Å². The molecule has 1 aromatic carbocycles. The summed E-state index contributed by atoms with van der Waals surface area (Å²) >= 11 is 0. The first-order chi connectivity index (χ1) is 51.3. The number of rotatable bonds is 61. The molecule has 11 N–H and O–H groups in total. The molecule has 2 fully saturated rings. The van der Waals surface area contributed by atoms with Crippen LogP contribution in [0, 0.1) is 0 Å². The summed E-state index contributed by atoms with van der Waals surface area (Å²) in [6.45, 7) is 9.95. The number of aliphatic carboxylic acids is 6. The number of anilines is 4. The number of carboxylic acid groups (broad SMARTS) is 6. The summed E-state index contributed by atoms with van der Waals surface area (Å²) in [4.78, 5) is 131. The van der Waals surface area contributed by atoms with E-state index in [1.165, 1.54) is 0 Å². The number of nitrogens with one attached hydrogen (secondary N) is 5. The maximum atomic E-state index is 12.4. The maximum absolute atomic E-state index is 12.4. The lowest BCUT2D eigenvalue weighted by Crippen LogP contribution is -2.53. The number of carbonyl (C=O) groups is 9. The summed E-state index contributed by atoms with van der Waals surface area (Å²) in [5.74, 6) is -5.37. The largest absolute Gasteiger partial charge is 0.481 e. The predicted molar refractivity (Wildman–Crippen MR) is 387 cm³/mol. The number of aldehydes is 1. The molecule has 37 nitrogen and oxygen atoms in total. The molecule has 1 aromatic heterocycles. The van der Waals surface area contributed by atoms with Gasteiger partial charge >= 0.3 is 41.8 Å². The molecule has 0 radical (unpaired) electrons. The summed E-state index contributed by atoms with van der Waals surface area (Å²) in [6.07, 6.45) is 11.3. The van der Waals surface area contributed by atoms with Crippen molar-refractivity contribution in [3.63, 3.8) is 0 Å². The Morgan fingerprint density at radius 2 is 0.925 bits per heavy atom. The Balaban J connectivity index is 1.24. The van der Waals surface area contributed by atoms with Gasteiger partial charge < -0.3 is 105 Å². The van der Waals surface area contributed by atoms with Gasteiger partial charge in [0.1, 0.15) is 12.8 Å². The molecule has 0 bridgehead atoms. The first-order valence-corrected chi connectivity index (χ1v) is 36.8. The standard InChI is InChI=1S/C69H116N14O23/c84-54-57(74-69(98)72-48-61(88)89)11-8-9-18-70-59(85)12-7-5-3-1-2-4-6-10-20-78-25-28-82(29-26-78)68-76-66(71-19-32-100-34-36-102-38-40-104-42-44-106-46-45-105-43-41-103-39-37-101-35-33-99-31-17-60(86)87)75-67(77-68)73-56-15-13-55(14-16-56)47-58-49-81(52-64(94)95)24-23-79(50-62(90)91)21-22-80(51-63(92)93)27-30-83(58)53-65(96)97/h13-16,54,57-58H,1-12,17-53H2,(H,70,85)(H,86,87)(H,88,89)(H,90,91)(H,92,93)(H,94,95)(H,96,97)(H2,72,74,98)(H2,71,73,75,76,77). The van der Waals surface area contributed by atoms with E-state index in [9.17, 15) is 63.6 Å². The molecule has 2 aliphatic rings. The second kappa shape index (κ2) is 57.5. The van der Waals surface area contributed by atoms with Crippen LogP contribution in [0.3, 0.4) is 0 Å². The lowest BCUT2D eigenvalue weighted by Gasteiger charge is -2.37. The average Bonchev–Trinajstić information content (AvgIpc) is 0.824. The molecule has 2 saturated heterocycles. The molecule has 2 unspecified atom stereocenters. The van der Waals surface area contributed by atoms with Crippen molar-refractivity contribution in [2.45, 2.75) is 102 Å². The van der Waals surface area contributed by atoms with Gasteiger partial charge in [-0.2, -0.15) is 15.0 Å². The van der Waals surface area contributed by atoms with Gasteiger partial charge in [0.25, 0.3) is 0 Å². The van der Waals surface area contributed by atoms with Crippen molar-refractivity contribution in [3.8, 4) is 0 Å². The molecular weight excluding hydrogens is 1390 g/mol. The van der Waals surface area contributed by atoms with Gasteiger partial charge in [0, 0.05) is 103 Å². The molecule has 0 aliphatic carbocycles. The minimum absolute atomic E-state index is 0.0132. The Bertz CT molecular complexity index is 2800. The number of hydrogen-bond donors (Lipinski definition) is 11. The zero-order valence-corrected chi connectivity index (χ0v) is 61.3. The van der Waals surface area contributed by atoms with Crippen molar-refractivity contribution in [2.24, 2.45) is 0 Å². The fraction of sp³-hybridized carbons (Fsp3) is 0.739. The summed E-state index contributed by atoms with van der Waals surface area (Å²) in [5, 5.41) is 70.9. The van der Waals surface area contributed by atoms with E-state index in [1.54, 1.807) is 19.6 Å². The van der Waals surface area contributed by atoms with Crippen LogP contribution in [0.2, 0.25) is 0 Å². The highest BCUT2D eigenvalue weighted by Gasteiger charge is 2.29. The minimum atomic E-state index is -1.19. The second-order valence-electron chi connectivity index (χ2n) is 25.5. The van der Waals surface area contributed by atoms with E-state index in [0.29, 0.717) is 181 Å². The molecule has 600 valence electrons. The Hall–Kier alpha value is -7.66. The number of hydrogen-bond acceptors (Lipinski definition) is 28. The summed E-state index contributed by atoms with van der Waals surface area (Å²) in [7, 11) is 0. The summed E-state index contributed by atoms with van der Waals surface area (Å²) in [5.41, 5.74) is 1.45. The topological polar surface area (TPSA) is 467 Å². The van der Waals surface area contributed by atoms with Gasteiger partial charge in [0.2, 0.25) is 23.8 Å². The third-order valence-corrected chi connectivity index (χ3v) is 16.9. The van der Waals surface area contributed by atoms with Crippen LogP contribution in [-0.2, 0) is 82.7 Å². The fourth-order valence-electron chi connectivity index (χ4n) is 11.4. The number of unbranched alkanes of at least 4 members (excludes halogenated alkanes) is 8. The fourth-order valence-corrected chi connectivity index (χ4v) is 11.4. The molecule has 3 heterocycles. The van der Waals surface area contributed by atoms with Gasteiger partial charge in [-0.1, -0.05) is 50.7 Å². The molecule has 106 heavy (non-hydrogen) atoms. The van der Waals surface area contributed by atoms with Crippen molar-refractivity contribution in [2.75, 3.05) is 246 Å². The van der Waals surface area contributed by atoms with Gasteiger partial charge in [0.15, 0.2) is 0 Å². The number of nitrogens with zero attached hydrogens (tertiary/aromatic N) is 9. The van der Waals surface area contributed by atoms with E-state index in [2.05, 4.69) is 36.4 Å². The lowest BCUT2D eigenvalue weighted by molar-refractivity contribution is -0.142. The number of ether oxygens (including phenoxy) is 8. The molecule has 4 rings (SSSR count). The molecule has 2 aromatic rings. The smallest absolute Gasteiger partial charge is 0.323 e. The quantitative estimate of drug-likeness (QED) is 0.0325. The Morgan fingerprint density at radius 1 is 0.453 bits per heavy atom. The number of piperazine rings is 1. The van der Waals surface area contributed by atoms with Crippen LogP contribution in [0.1, 0.15) is 89.0 Å². The van der Waals surface area contributed by atoms with Crippen LogP contribution in [0.4, 0.5) is 28.3 Å². The Labute approximate surface area is 619 Å². The number of benzene rings is 1. The number of carboxylic acids is 6. The molecule has 3 amide bonds. The first-order valence-electron chi connectivity index (χ1n) is 36.8. The SMILES string of the molecule is O=CC(CCCCNC(=O)CCCCCCCCCCN1CCN(c2nc(NCCOCCOCCOCCOCCOCCOCCOCCOCCC(=O)O)nc(Nc3ccc(CC4CN(CC(=O)O)CCN(CC(=O)O)CCN(CC(=O)O)CCN4CC(=O)O)cc3)n2)CC1)NC(=O)NCC(=O)O. The molecule has 0 saturated carbocycles. The average molecular weight is 1510 g/mol. The van der Waals surface area contributed by atoms with Crippen molar-refractivity contribution in [1.82, 2.24) is 55.4 Å². The lowest BCUT2D eigenvalue weighted by atomic mass is 10.0. The van der Waals surface area contributed by atoms with E-state index in [-0.39, 0.29) is 96.9 Å². The Kier molecular flexibility index (Phi) is 49.2. The molecule has 2 atom stereocenters. The number of amides is 3. The van der Waals surface area contributed by atoms with E-state index in [0.717, 1.165) is 76.6 Å². The van der Waals surface area contributed by atoms with Crippen LogP contribution >= 0.6 is 0 Å². The third kappa shape index (κ3) is 46.4. The van der Waals surface area contributed by atoms with Crippen molar-refractivity contribution < 1.29 is 112 Å². The van der Waals surface area contributed by atoms with Crippen LogP contribution < -0.4 is 31.5 Å². The van der Waals surface area contributed by atoms with Gasteiger partial charge in [-0.05, 0) is 62.8 Å². The van der Waals surface area contributed by atoms with Crippen LogP contribution in [0.5, 0.6) is 0 Å². The monoisotopic (exact) mass is 1510 g/mol.